The highest BCUT2D eigenvalue weighted by atomic mass is 16.6. The van der Waals surface area contributed by atoms with Gasteiger partial charge in [-0.2, -0.15) is 0 Å². The number of fused-ring (bicyclic) bond motifs is 1. The van der Waals surface area contributed by atoms with E-state index in [4.69, 9.17) is 9.47 Å². The molecule has 6 nitrogen and oxygen atoms in total. The van der Waals surface area contributed by atoms with Gasteiger partial charge >= 0.3 is 0 Å². The second-order valence-corrected chi connectivity index (χ2v) is 4.77. The van der Waals surface area contributed by atoms with Crippen LogP contribution >= 0.6 is 0 Å². The Morgan fingerprint density at radius 3 is 3.00 bits per heavy atom. The average Bonchev–Trinajstić information content (AvgIpc) is 3.14. The number of aromatic nitrogens is 1. The van der Waals surface area contributed by atoms with Gasteiger partial charge in [0.05, 0.1) is 16.9 Å². The number of ether oxygens (including phenoxy) is 2. The lowest BCUT2D eigenvalue weighted by Gasteiger charge is -2.10. The standard InChI is InChI=1S/C13H12N2O4/c1-13(8-19-13)7-18-11-5-4-10(15(16)17)9-3-2-6-14-12(9)11/h2-6H,7-8H2,1H3. The first-order chi connectivity index (χ1) is 9.09. The van der Waals surface area contributed by atoms with Crippen LogP contribution in [0.4, 0.5) is 5.69 Å². The molecule has 98 valence electrons. The monoisotopic (exact) mass is 260 g/mol. The fourth-order valence-corrected chi connectivity index (χ4v) is 1.84. The van der Waals surface area contributed by atoms with Crippen LogP contribution in [0.1, 0.15) is 6.92 Å². The van der Waals surface area contributed by atoms with Crippen molar-refractivity contribution in [1.29, 1.82) is 0 Å². The summed E-state index contributed by atoms with van der Waals surface area (Å²) in [5.41, 5.74) is 0.299. The third-order valence-electron chi connectivity index (χ3n) is 3.08. The Kier molecular flexibility index (Phi) is 2.60. The molecule has 0 N–H and O–H groups in total. The molecule has 1 aliphatic rings. The van der Waals surface area contributed by atoms with Gasteiger partial charge in [0.15, 0.2) is 0 Å². The molecular formula is C13H12N2O4. The Balaban J connectivity index is 2.01. The summed E-state index contributed by atoms with van der Waals surface area (Å²) in [7, 11) is 0. The van der Waals surface area contributed by atoms with Gasteiger partial charge in [-0.3, -0.25) is 15.1 Å². The molecule has 0 bridgehead atoms. The van der Waals surface area contributed by atoms with Crippen LogP contribution in [0.5, 0.6) is 5.75 Å². The van der Waals surface area contributed by atoms with E-state index in [1.54, 1.807) is 24.4 Å². The van der Waals surface area contributed by atoms with Crippen LogP contribution in [0.2, 0.25) is 0 Å². The highest BCUT2D eigenvalue weighted by molar-refractivity contribution is 5.92. The van der Waals surface area contributed by atoms with Gasteiger partial charge in [-0.25, -0.2) is 0 Å². The van der Waals surface area contributed by atoms with Crippen LogP contribution in [-0.2, 0) is 4.74 Å². The molecule has 2 aromatic rings. The number of benzene rings is 1. The van der Waals surface area contributed by atoms with E-state index in [1.165, 1.54) is 6.07 Å². The summed E-state index contributed by atoms with van der Waals surface area (Å²) in [6.07, 6.45) is 1.59. The van der Waals surface area contributed by atoms with Crippen molar-refractivity contribution in [3.05, 3.63) is 40.6 Å². The third-order valence-corrected chi connectivity index (χ3v) is 3.08. The molecule has 1 aromatic carbocycles. The zero-order valence-corrected chi connectivity index (χ0v) is 10.3. The smallest absolute Gasteiger partial charge is 0.279 e. The van der Waals surface area contributed by atoms with E-state index in [1.807, 2.05) is 6.92 Å². The van der Waals surface area contributed by atoms with Gasteiger partial charge in [-0.15, -0.1) is 0 Å². The molecule has 6 heteroatoms. The van der Waals surface area contributed by atoms with E-state index in [2.05, 4.69) is 4.98 Å². The molecule has 0 aliphatic carbocycles. The first-order valence-electron chi connectivity index (χ1n) is 5.88. The van der Waals surface area contributed by atoms with Crippen molar-refractivity contribution in [3.63, 3.8) is 0 Å². The lowest BCUT2D eigenvalue weighted by Crippen LogP contribution is -2.17. The molecule has 2 heterocycles. The van der Waals surface area contributed by atoms with Crippen molar-refractivity contribution >= 4 is 16.6 Å². The van der Waals surface area contributed by atoms with Crippen LogP contribution in [-0.4, -0.2) is 28.7 Å². The van der Waals surface area contributed by atoms with Gasteiger partial charge in [-0.1, -0.05) is 0 Å². The summed E-state index contributed by atoms with van der Waals surface area (Å²) in [6, 6.07) is 6.36. The molecule has 1 aliphatic heterocycles. The summed E-state index contributed by atoms with van der Waals surface area (Å²) < 4.78 is 10.9. The fraction of sp³-hybridized carbons (Fsp3) is 0.308. The molecule has 1 saturated heterocycles. The van der Waals surface area contributed by atoms with Crippen LogP contribution in [0, 0.1) is 10.1 Å². The van der Waals surface area contributed by atoms with Crippen molar-refractivity contribution < 1.29 is 14.4 Å². The maximum Gasteiger partial charge on any atom is 0.279 e. The number of nitro groups is 1. The Labute approximate surface area is 109 Å². The van der Waals surface area contributed by atoms with Gasteiger partial charge in [0, 0.05) is 12.3 Å². The van der Waals surface area contributed by atoms with Crippen LogP contribution in [0.3, 0.4) is 0 Å². The van der Waals surface area contributed by atoms with Crippen molar-refractivity contribution in [3.8, 4) is 5.75 Å². The normalized spacial score (nSPS) is 21.3. The molecule has 19 heavy (non-hydrogen) atoms. The van der Waals surface area contributed by atoms with E-state index in [0.29, 0.717) is 29.9 Å². The molecule has 1 aromatic heterocycles. The molecular weight excluding hydrogens is 248 g/mol. The molecule has 1 fully saturated rings. The lowest BCUT2D eigenvalue weighted by atomic mass is 10.1. The minimum Gasteiger partial charge on any atom is -0.488 e. The van der Waals surface area contributed by atoms with Crippen molar-refractivity contribution in [2.75, 3.05) is 13.2 Å². The number of non-ortho nitro benzene ring substituents is 1. The first kappa shape index (κ1) is 11.9. The minimum absolute atomic E-state index is 0.0318. The highest BCUT2D eigenvalue weighted by Crippen LogP contribution is 2.33. The Bertz CT molecular complexity index is 652. The summed E-state index contributed by atoms with van der Waals surface area (Å²) in [6.45, 7) is 3.04. The predicted octanol–water partition coefficient (Wildman–Crippen LogP) is 2.31. The number of nitrogens with zero attached hydrogens (tertiary/aromatic N) is 2. The highest BCUT2D eigenvalue weighted by Gasteiger charge is 2.40. The second kappa shape index (κ2) is 4.17. The van der Waals surface area contributed by atoms with Gasteiger partial charge < -0.3 is 9.47 Å². The topological polar surface area (TPSA) is 77.8 Å². The van der Waals surface area contributed by atoms with Crippen molar-refractivity contribution in [2.45, 2.75) is 12.5 Å². The Morgan fingerprint density at radius 1 is 1.53 bits per heavy atom. The van der Waals surface area contributed by atoms with E-state index >= 15 is 0 Å². The summed E-state index contributed by atoms with van der Waals surface area (Å²) in [4.78, 5) is 14.7. The largest absolute Gasteiger partial charge is 0.488 e. The molecule has 0 radical (unpaired) electrons. The average molecular weight is 260 g/mol. The lowest BCUT2D eigenvalue weighted by molar-refractivity contribution is -0.383. The maximum atomic E-state index is 11.0. The number of pyridine rings is 1. The Morgan fingerprint density at radius 2 is 2.32 bits per heavy atom. The molecule has 0 saturated carbocycles. The molecule has 0 amide bonds. The van der Waals surface area contributed by atoms with E-state index in [0.717, 1.165) is 0 Å². The fourth-order valence-electron chi connectivity index (χ4n) is 1.84. The van der Waals surface area contributed by atoms with Crippen LogP contribution < -0.4 is 4.74 Å². The zero-order valence-electron chi connectivity index (χ0n) is 10.3. The minimum atomic E-state index is -0.418. The van der Waals surface area contributed by atoms with E-state index in [9.17, 15) is 10.1 Å². The van der Waals surface area contributed by atoms with Gasteiger partial charge in [0.1, 0.15) is 23.5 Å². The molecule has 0 spiro atoms. The quantitative estimate of drug-likeness (QED) is 0.479. The molecule has 3 rings (SSSR count). The van der Waals surface area contributed by atoms with Gasteiger partial charge in [0.25, 0.3) is 5.69 Å². The van der Waals surface area contributed by atoms with Crippen LogP contribution in [0.25, 0.3) is 10.9 Å². The SMILES string of the molecule is CC1(COc2ccc([N+](=O)[O-])c3cccnc23)CO1. The van der Waals surface area contributed by atoms with Gasteiger partial charge in [0.2, 0.25) is 0 Å². The van der Waals surface area contributed by atoms with Crippen molar-refractivity contribution in [1.82, 2.24) is 4.98 Å². The molecule has 1 unspecified atom stereocenters. The number of hydrogen-bond acceptors (Lipinski definition) is 5. The number of epoxide rings is 1. The number of rotatable bonds is 4. The zero-order chi connectivity index (χ0) is 13.5. The predicted molar refractivity (Wildman–Crippen MR) is 68.2 cm³/mol. The first-order valence-corrected chi connectivity index (χ1v) is 5.88. The van der Waals surface area contributed by atoms with Gasteiger partial charge in [-0.05, 0) is 25.1 Å². The summed E-state index contributed by atoms with van der Waals surface area (Å²) in [5.74, 6) is 0.540. The third kappa shape index (κ3) is 2.22. The summed E-state index contributed by atoms with van der Waals surface area (Å²) in [5, 5.41) is 11.4. The summed E-state index contributed by atoms with van der Waals surface area (Å²) >= 11 is 0. The molecule has 1 atom stereocenters. The second-order valence-electron chi connectivity index (χ2n) is 4.77. The Hall–Kier alpha value is -2.21. The van der Waals surface area contributed by atoms with Crippen molar-refractivity contribution in [2.24, 2.45) is 0 Å². The number of nitro benzene ring substituents is 1. The number of hydrogen-bond donors (Lipinski definition) is 0. The maximum absolute atomic E-state index is 11.0. The van der Waals surface area contributed by atoms with E-state index < -0.39 is 4.92 Å². The van der Waals surface area contributed by atoms with E-state index in [-0.39, 0.29) is 11.3 Å². The van der Waals surface area contributed by atoms with Crippen LogP contribution in [0.15, 0.2) is 30.5 Å².